The van der Waals surface area contributed by atoms with E-state index >= 15 is 0 Å². The van der Waals surface area contributed by atoms with Crippen LogP contribution in [-0.2, 0) is 13.2 Å². The van der Waals surface area contributed by atoms with E-state index in [1.165, 1.54) is 0 Å². The zero-order valence-corrected chi connectivity index (χ0v) is 14.6. The maximum absolute atomic E-state index is 11.2. The van der Waals surface area contributed by atoms with Crippen LogP contribution in [0.1, 0.15) is 21.5 Å². The highest BCUT2D eigenvalue weighted by molar-refractivity contribution is 5.93. The predicted molar refractivity (Wildman–Crippen MR) is 103 cm³/mol. The van der Waals surface area contributed by atoms with Crippen molar-refractivity contribution in [2.24, 2.45) is 0 Å². The lowest BCUT2D eigenvalue weighted by molar-refractivity contribution is 0.0697. The molecule has 0 bridgehead atoms. The number of nitrogens with zero attached hydrogens (tertiary/aromatic N) is 2. The molecular formula is C22H18N2O3. The molecule has 0 aliphatic carbocycles. The topological polar surface area (TPSA) is 64.3 Å². The van der Waals surface area contributed by atoms with Gasteiger partial charge in [0.05, 0.1) is 23.8 Å². The average Bonchev–Trinajstić information content (AvgIpc) is 3.09. The van der Waals surface area contributed by atoms with Gasteiger partial charge in [0.15, 0.2) is 0 Å². The number of ether oxygens (including phenoxy) is 1. The van der Waals surface area contributed by atoms with Gasteiger partial charge in [-0.05, 0) is 35.4 Å². The number of hydrogen-bond acceptors (Lipinski definition) is 3. The lowest BCUT2D eigenvalue weighted by Crippen LogP contribution is -2.03. The van der Waals surface area contributed by atoms with Gasteiger partial charge in [-0.2, -0.15) is 5.10 Å². The average molecular weight is 358 g/mol. The molecule has 0 aliphatic heterocycles. The Morgan fingerprint density at radius 2 is 1.78 bits per heavy atom. The van der Waals surface area contributed by atoms with Crippen molar-refractivity contribution in [1.82, 2.24) is 9.78 Å². The normalized spacial score (nSPS) is 10.8. The first-order valence-electron chi connectivity index (χ1n) is 8.63. The molecule has 0 atom stereocenters. The van der Waals surface area contributed by atoms with Crippen molar-refractivity contribution in [3.05, 3.63) is 95.7 Å². The molecular weight excluding hydrogens is 340 g/mol. The van der Waals surface area contributed by atoms with Crippen molar-refractivity contribution in [1.29, 1.82) is 0 Å². The van der Waals surface area contributed by atoms with Gasteiger partial charge in [-0.1, -0.05) is 48.5 Å². The van der Waals surface area contributed by atoms with Crippen molar-refractivity contribution < 1.29 is 14.6 Å². The standard InChI is InChI=1S/C22H18N2O3/c25-22(26)18-9-10-19-13-23-24(21(19)12-18)14-17-7-4-8-20(11-17)27-15-16-5-2-1-3-6-16/h1-13H,14-15H2,(H,25,26). The Bertz CT molecular complexity index is 1090. The number of carbonyl (C=O) groups is 1. The van der Waals surface area contributed by atoms with Crippen LogP contribution in [0, 0.1) is 0 Å². The van der Waals surface area contributed by atoms with E-state index in [0.29, 0.717) is 13.2 Å². The van der Waals surface area contributed by atoms with Crippen molar-refractivity contribution in [3.63, 3.8) is 0 Å². The zero-order valence-electron chi connectivity index (χ0n) is 14.6. The molecule has 27 heavy (non-hydrogen) atoms. The van der Waals surface area contributed by atoms with E-state index in [0.717, 1.165) is 27.8 Å². The van der Waals surface area contributed by atoms with E-state index in [2.05, 4.69) is 5.10 Å². The number of benzene rings is 3. The number of fused-ring (bicyclic) bond motifs is 1. The summed E-state index contributed by atoms with van der Waals surface area (Å²) in [5.74, 6) is -0.153. The third-order valence-electron chi connectivity index (χ3n) is 4.37. The van der Waals surface area contributed by atoms with Crippen LogP contribution >= 0.6 is 0 Å². The van der Waals surface area contributed by atoms with Gasteiger partial charge in [0.1, 0.15) is 12.4 Å². The third-order valence-corrected chi connectivity index (χ3v) is 4.37. The summed E-state index contributed by atoms with van der Waals surface area (Å²) in [4.78, 5) is 11.2. The fourth-order valence-corrected chi connectivity index (χ4v) is 2.98. The smallest absolute Gasteiger partial charge is 0.335 e. The van der Waals surface area contributed by atoms with Crippen LogP contribution < -0.4 is 4.74 Å². The van der Waals surface area contributed by atoms with Crippen LogP contribution in [0.5, 0.6) is 5.75 Å². The number of carboxylic acid groups (broad SMARTS) is 1. The Hall–Kier alpha value is -3.60. The lowest BCUT2D eigenvalue weighted by Gasteiger charge is -2.09. The molecule has 0 saturated heterocycles. The summed E-state index contributed by atoms with van der Waals surface area (Å²) in [7, 11) is 0. The van der Waals surface area contributed by atoms with Crippen LogP contribution in [0.4, 0.5) is 0 Å². The van der Waals surface area contributed by atoms with Gasteiger partial charge < -0.3 is 9.84 Å². The lowest BCUT2D eigenvalue weighted by atomic mass is 10.1. The maximum Gasteiger partial charge on any atom is 0.335 e. The fourth-order valence-electron chi connectivity index (χ4n) is 2.98. The van der Waals surface area contributed by atoms with Crippen molar-refractivity contribution in [3.8, 4) is 5.75 Å². The summed E-state index contributed by atoms with van der Waals surface area (Å²) < 4.78 is 7.69. The summed E-state index contributed by atoms with van der Waals surface area (Å²) >= 11 is 0. The summed E-state index contributed by atoms with van der Waals surface area (Å²) in [6.45, 7) is 1.05. The Kier molecular flexibility index (Phi) is 4.58. The first-order chi connectivity index (χ1) is 13.2. The maximum atomic E-state index is 11.2. The number of aromatic carboxylic acids is 1. The second kappa shape index (κ2) is 7.33. The Labute approximate surface area is 156 Å². The van der Waals surface area contributed by atoms with Gasteiger partial charge in [-0.15, -0.1) is 0 Å². The molecule has 4 aromatic rings. The number of carboxylic acids is 1. The van der Waals surface area contributed by atoms with Gasteiger partial charge >= 0.3 is 5.97 Å². The molecule has 1 aromatic heterocycles. The molecule has 0 radical (unpaired) electrons. The van der Waals surface area contributed by atoms with E-state index in [1.807, 2.05) is 54.6 Å². The molecule has 0 saturated carbocycles. The highest BCUT2D eigenvalue weighted by Crippen LogP contribution is 2.20. The first-order valence-corrected chi connectivity index (χ1v) is 8.63. The largest absolute Gasteiger partial charge is 0.489 e. The number of hydrogen-bond donors (Lipinski definition) is 1. The summed E-state index contributed by atoms with van der Waals surface area (Å²) in [5.41, 5.74) is 3.20. The van der Waals surface area contributed by atoms with E-state index in [9.17, 15) is 9.90 Å². The molecule has 3 aromatic carbocycles. The second-order valence-electron chi connectivity index (χ2n) is 6.30. The molecule has 0 spiro atoms. The molecule has 4 rings (SSSR count). The summed E-state index contributed by atoms with van der Waals surface area (Å²) in [6.07, 6.45) is 1.75. The quantitative estimate of drug-likeness (QED) is 0.556. The van der Waals surface area contributed by atoms with Gasteiger partial charge in [0.2, 0.25) is 0 Å². The summed E-state index contributed by atoms with van der Waals surface area (Å²) in [5, 5.41) is 14.5. The van der Waals surface area contributed by atoms with E-state index < -0.39 is 5.97 Å². The van der Waals surface area contributed by atoms with E-state index in [4.69, 9.17) is 4.74 Å². The van der Waals surface area contributed by atoms with Crippen LogP contribution in [0.15, 0.2) is 79.0 Å². The van der Waals surface area contributed by atoms with Gasteiger partial charge in [-0.3, -0.25) is 4.68 Å². The predicted octanol–water partition coefficient (Wildman–Crippen LogP) is 4.36. The molecule has 1 N–H and O–H groups in total. The highest BCUT2D eigenvalue weighted by atomic mass is 16.5. The van der Waals surface area contributed by atoms with Crippen LogP contribution in [0.2, 0.25) is 0 Å². The van der Waals surface area contributed by atoms with E-state index in [1.54, 1.807) is 29.1 Å². The zero-order chi connectivity index (χ0) is 18.6. The van der Waals surface area contributed by atoms with E-state index in [-0.39, 0.29) is 5.56 Å². The minimum Gasteiger partial charge on any atom is -0.489 e. The van der Waals surface area contributed by atoms with Crippen LogP contribution in [-0.4, -0.2) is 20.9 Å². The van der Waals surface area contributed by atoms with Crippen molar-refractivity contribution in [2.75, 3.05) is 0 Å². The molecule has 0 unspecified atom stereocenters. The Morgan fingerprint density at radius 1 is 0.963 bits per heavy atom. The Balaban J connectivity index is 1.53. The first kappa shape index (κ1) is 16.8. The van der Waals surface area contributed by atoms with Crippen LogP contribution in [0.3, 0.4) is 0 Å². The molecule has 5 heteroatoms. The minimum atomic E-state index is -0.944. The molecule has 0 fully saturated rings. The molecule has 1 heterocycles. The molecule has 0 aliphatic rings. The molecule has 5 nitrogen and oxygen atoms in total. The SMILES string of the molecule is O=C(O)c1ccc2cnn(Cc3cccc(OCc4ccccc4)c3)c2c1. The monoisotopic (exact) mass is 358 g/mol. The van der Waals surface area contributed by atoms with Crippen LogP contribution in [0.25, 0.3) is 10.9 Å². The fraction of sp³-hybridized carbons (Fsp3) is 0.0909. The minimum absolute atomic E-state index is 0.254. The highest BCUT2D eigenvalue weighted by Gasteiger charge is 2.09. The Morgan fingerprint density at radius 3 is 2.59 bits per heavy atom. The molecule has 134 valence electrons. The third kappa shape index (κ3) is 3.82. The van der Waals surface area contributed by atoms with Crippen molar-refractivity contribution >= 4 is 16.9 Å². The summed E-state index contributed by atoms with van der Waals surface area (Å²) in [6, 6.07) is 22.9. The van der Waals surface area contributed by atoms with Gasteiger partial charge in [0, 0.05) is 5.39 Å². The number of rotatable bonds is 6. The number of aromatic nitrogens is 2. The van der Waals surface area contributed by atoms with Crippen molar-refractivity contribution in [2.45, 2.75) is 13.2 Å². The second-order valence-corrected chi connectivity index (χ2v) is 6.30. The molecule has 0 amide bonds. The van der Waals surface area contributed by atoms with Gasteiger partial charge in [-0.25, -0.2) is 4.79 Å². The van der Waals surface area contributed by atoms with Gasteiger partial charge in [0.25, 0.3) is 0 Å².